The molecule has 0 atom stereocenters. The number of ketones is 1. The molecule has 1 fully saturated rings. The van der Waals surface area contributed by atoms with E-state index >= 15 is 0 Å². The molecule has 2 heteroatoms. The van der Waals surface area contributed by atoms with Crippen molar-refractivity contribution in [2.24, 2.45) is 0 Å². The number of hydrogen-bond donors (Lipinski definition) is 0. The molecule has 78 valence electrons. The van der Waals surface area contributed by atoms with Gasteiger partial charge in [-0.05, 0) is 45.4 Å². The highest BCUT2D eigenvalue weighted by Crippen LogP contribution is 2.30. The first-order valence-corrected chi connectivity index (χ1v) is 5.77. The summed E-state index contributed by atoms with van der Waals surface area (Å²) in [6, 6.07) is 0. The first-order valence-electron chi connectivity index (χ1n) is 5.77. The lowest BCUT2D eigenvalue weighted by molar-refractivity contribution is -0.113. The van der Waals surface area contributed by atoms with Gasteiger partial charge in [0, 0.05) is 24.4 Å². The SMILES string of the molecule is CC(=O)C1=C(N2CCCCC2)CCC1. The van der Waals surface area contributed by atoms with Crippen LogP contribution in [0.4, 0.5) is 0 Å². The monoisotopic (exact) mass is 193 g/mol. The maximum atomic E-state index is 11.4. The Balaban J connectivity index is 2.13. The molecule has 1 aliphatic carbocycles. The summed E-state index contributed by atoms with van der Waals surface area (Å²) in [4.78, 5) is 13.9. The zero-order valence-corrected chi connectivity index (χ0v) is 9.01. The van der Waals surface area contributed by atoms with Crippen molar-refractivity contribution in [3.05, 3.63) is 11.3 Å². The third-order valence-corrected chi connectivity index (χ3v) is 3.35. The molecule has 2 nitrogen and oxygen atoms in total. The Bertz CT molecular complexity index is 261. The molecule has 2 aliphatic rings. The summed E-state index contributed by atoms with van der Waals surface area (Å²) in [5.74, 6) is 0.295. The topological polar surface area (TPSA) is 20.3 Å². The van der Waals surface area contributed by atoms with E-state index in [1.54, 1.807) is 6.92 Å². The van der Waals surface area contributed by atoms with Gasteiger partial charge in [-0.25, -0.2) is 0 Å². The van der Waals surface area contributed by atoms with Gasteiger partial charge in [0.2, 0.25) is 0 Å². The van der Waals surface area contributed by atoms with Crippen LogP contribution in [0.15, 0.2) is 11.3 Å². The lowest BCUT2D eigenvalue weighted by Crippen LogP contribution is -2.29. The van der Waals surface area contributed by atoms with Crippen LogP contribution < -0.4 is 0 Å². The number of carbonyl (C=O) groups is 1. The van der Waals surface area contributed by atoms with Crippen LogP contribution in [0.1, 0.15) is 45.4 Å². The van der Waals surface area contributed by atoms with Crippen LogP contribution >= 0.6 is 0 Å². The normalized spacial score (nSPS) is 23.1. The molecule has 0 saturated carbocycles. The molecule has 0 spiro atoms. The minimum absolute atomic E-state index is 0.295. The molecule has 0 bridgehead atoms. The minimum Gasteiger partial charge on any atom is -0.375 e. The molecule has 1 aliphatic heterocycles. The van der Waals surface area contributed by atoms with Gasteiger partial charge in [0.25, 0.3) is 0 Å². The summed E-state index contributed by atoms with van der Waals surface area (Å²) in [6.07, 6.45) is 7.29. The van der Waals surface area contributed by atoms with Crippen molar-refractivity contribution in [3.63, 3.8) is 0 Å². The average molecular weight is 193 g/mol. The van der Waals surface area contributed by atoms with Gasteiger partial charge < -0.3 is 4.90 Å². The standard InChI is InChI=1S/C12H19NO/c1-10(14)11-6-5-7-12(11)13-8-3-2-4-9-13/h2-9H2,1H3. The maximum Gasteiger partial charge on any atom is 0.157 e. The summed E-state index contributed by atoms with van der Waals surface area (Å²) in [7, 11) is 0. The van der Waals surface area contributed by atoms with E-state index in [1.807, 2.05) is 0 Å². The third kappa shape index (κ3) is 1.84. The molecule has 0 aromatic heterocycles. The van der Waals surface area contributed by atoms with Crippen molar-refractivity contribution in [2.45, 2.75) is 45.4 Å². The predicted octanol–water partition coefficient (Wildman–Crippen LogP) is 2.50. The molecule has 0 aromatic rings. The zero-order valence-electron chi connectivity index (χ0n) is 9.01. The van der Waals surface area contributed by atoms with Crippen LogP contribution in [0.5, 0.6) is 0 Å². The second kappa shape index (κ2) is 4.16. The highest BCUT2D eigenvalue weighted by Gasteiger charge is 2.23. The van der Waals surface area contributed by atoms with Crippen LogP contribution in [-0.2, 0) is 4.79 Å². The van der Waals surface area contributed by atoms with Gasteiger partial charge in [-0.2, -0.15) is 0 Å². The largest absolute Gasteiger partial charge is 0.375 e. The molecular weight excluding hydrogens is 174 g/mol. The maximum absolute atomic E-state index is 11.4. The van der Waals surface area contributed by atoms with E-state index in [-0.39, 0.29) is 0 Å². The van der Waals surface area contributed by atoms with E-state index in [1.165, 1.54) is 44.5 Å². The van der Waals surface area contributed by atoms with Gasteiger partial charge in [0.15, 0.2) is 5.78 Å². The molecule has 14 heavy (non-hydrogen) atoms. The van der Waals surface area contributed by atoms with Crippen molar-refractivity contribution < 1.29 is 4.79 Å². The fourth-order valence-electron chi connectivity index (χ4n) is 2.62. The highest BCUT2D eigenvalue weighted by molar-refractivity contribution is 5.94. The molecular formula is C12H19NO. The van der Waals surface area contributed by atoms with Gasteiger partial charge >= 0.3 is 0 Å². The number of likely N-dealkylation sites (tertiary alicyclic amines) is 1. The number of Topliss-reactive ketones (excluding diaryl/α,β-unsaturated/α-hetero) is 1. The van der Waals surface area contributed by atoms with Gasteiger partial charge in [-0.3, -0.25) is 4.79 Å². The Labute approximate surface area is 86.0 Å². The number of allylic oxidation sites excluding steroid dienone is 2. The average Bonchev–Trinajstić information content (AvgIpc) is 2.67. The second-order valence-electron chi connectivity index (χ2n) is 4.38. The van der Waals surface area contributed by atoms with Gasteiger partial charge in [-0.1, -0.05) is 0 Å². The van der Waals surface area contributed by atoms with Crippen molar-refractivity contribution >= 4 is 5.78 Å². The van der Waals surface area contributed by atoms with Crippen molar-refractivity contribution in [2.75, 3.05) is 13.1 Å². The van der Waals surface area contributed by atoms with Crippen LogP contribution in [0.2, 0.25) is 0 Å². The molecule has 1 heterocycles. The van der Waals surface area contributed by atoms with Crippen LogP contribution in [0.25, 0.3) is 0 Å². The van der Waals surface area contributed by atoms with Gasteiger partial charge in [-0.15, -0.1) is 0 Å². The number of piperidine rings is 1. The Morgan fingerprint density at radius 3 is 2.43 bits per heavy atom. The van der Waals surface area contributed by atoms with E-state index < -0.39 is 0 Å². The number of nitrogens with zero attached hydrogens (tertiary/aromatic N) is 1. The molecule has 0 amide bonds. The molecule has 0 radical (unpaired) electrons. The molecule has 2 rings (SSSR count). The summed E-state index contributed by atoms with van der Waals surface area (Å²) in [5, 5.41) is 0. The lowest BCUT2D eigenvalue weighted by atomic mass is 10.1. The van der Waals surface area contributed by atoms with Crippen LogP contribution in [0, 0.1) is 0 Å². The van der Waals surface area contributed by atoms with Crippen LogP contribution in [0.3, 0.4) is 0 Å². The fourth-order valence-corrected chi connectivity index (χ4v) is 2.62. The second-order valence-corrected chi connectivity index (χ2v) is 4.38. The van der Waals surface area contributed by atoms with E-state index in [0.29, 0.717) is 5.78 Å². The first kappa shape index (κ1) is 9.75. The summed E-state index contributed by atoms with van der Waals surface area (Å²) < 4.78 is 0. The Morgan fingerprint density at radius 1 is 1.07 bits per heavy atom. The van der Waals surface area contributed by atoms with Gasteiger partial charge in [0.05, 0.1) is 0 Å². The first-order chi connectivity index (χ1) is 6.79. The van der Waals surface area contributed by atoms with Crippen molar-refractivity contribution in [3.8, 4) is 0 Å². The quantitative estimate of drug-likeness (QED) is 0.671. The van der Waals surface area contributed by atoms with Gasteiger partial charge in [0.1, 0.15) is 0 Å². The summed E-state index contributed by atoms with van der Waals surface area (Å²) in [5.41, 5.74) is 2.49. The Morgan fingerprint density at radius 2 is 1.79 bits per heavy atom. The Hall–Kier alpha value is -0.790. The molecule has 0 unspecified atom stereocenters. The minimum atomic E-state index is 0.295. The molecule has 0 aromatic carbocycles. The third-order valence-electron chi connectivity index (χ3n) is 3.35. The summed E-state index contributed by atoms with van der Waals surface area (Å²) >= 11 is 0. The van der Waals surface area contributed by atoms with Crippen molar-refractivity contribution in [1.29, 1.82) is 0 Å². The van der Waals surface area contributed by atoms with E-state index in [0.717, 1.165) is 18.4 Å². The molecule has 0 N–H and O–H groups in total. The zero-order chi connectivity index (χ0) is 9.97. The predicted molar refractivity (Wildman–Crippen MR) is 57.0 cm³/mol. The Kier molecular flexibility index (Phi) is 2.90. The molecule has 1 saturated heterocycles. The van der Waals surface area contributed by atoms with E-state index in [4.69, 9.17) is 0 Å². The fraction of sp³-hybridized carbons (Fsp3) is 0.750. The highest BCUT2D eigenvalue weighted by atomic mass is 16.1. The van der Waals surface area contributed by atoms with Crippen LogP contribution in [-0.4, -0.2) is 23.8 Å². The number of carbonyl (C=O) groups excluding carboxylic acids is 1. The smallest absolute Gasteiger partial charge is 0.157 e. The number of hydrogen-bond acceptors (Lipinski definition) is 2. The van der Waals surface area contributed by atoms with E-state index in [9.17, 15) is 4.79 Å². The number of rotatable bonds is 2. The van der Waals surface area contributed by atoms with E-state index in [2.05, 4.69) is 4.90 Å². The van der Waals surface area contributed by atoms with Crippen molar-refractivity contribution in [1.82, 2.24) is 4.90 Å². The summed E-state index contributed by atoms with van der Waals surface area (Å²) in [6.45, 7) is 4.06. The lowest BCUT2D eigenvalue weighted by Gasteiger charge is -2.30.